The van der Waals surface area contributed by atoms with E-state index in [1.54, 1.807) is 0 Å². The number of hydrogen-bond acceptors (Lipinski definition) is 2. The van der Waals surface area contributed by atoms with Gasteiger partial charge in [-0.3, -0.25) is 0 Å². The van der Waals surface area contributed by atoms with Crippen LogP contribution in [0.2, 0.25) is 0 Å². The van der Waals surface area contributed by atoms with Crippen LogP contribution in [0.3, 0.4) is 0 Å². The van der Waals surface area contributed by atoms with E-state index in [1.165, 1.54) is 43.5 Å². The molecule has 0 fully saturated rings. The van der Waals surface area contributed by atoms with Gasteiger partial charge in [0.25, 0.3) is 0 Å². The van der Waals surface area contributed by atoms with E-state index in [4.69, 9.17) is 21.1 Å². The molecule has 0 saturated heterocycles. The largest absolute Gasteiger partial charge is 0.493 e. The van der Waals surface area contributed by atoms with Gasteiger partial charge in [0.1, 0.15) is 11.5 Å². The minimum atomic E-state index is 0.729. The van der Waals surface area contributed by atoms with Crippen LogP contribution in [-0.2, 0) is 6.54 Å². The van der Waals surface area contributed by atoms with E-state index in [0.29, 0.717) is 0 Å². The molecule has 0 bridgehead atoms. The van der Waals surface area contributed by atoms with Gasteiger partial charge in [0.2, 0.25) is 0 Å². The Morgan fingerprint density at radius 1 is 0.776 bits per heavy atom. The predicted octanol–water partition coefficient (Wildman–Crippen LogP) is 12.4. The van der Waals surface area contributed by atoms with Crippen LogP contribution in [0.15, 0.2) is 102 Å². The summed E-state index contributed by atoms with van der Waals surface area (Å²) in [7, 11) is 0. The molecule has 1 aliphatic rings. The van der Waals surface area contributed by atoms with Crippen molar-refractivity contribution in [3.05, 3.63) is 118 Å². The third-order valence-corrected chi connectivity index (χ3v) is 10.3. The molecular formula is C45H50ClNO2. The number of nitrogens with zero attached hydrogens (tertiary/aromatic N) is 1. The molecule has 49 heavy (non-hydrogen) atoms. The van der Waals surface area contributed by atoms with Crippen LogP contribution in [0.1, 0.15) is 83.3 Å². The molecule has 0 spiro atoms. The first kappa shape index (κ1) is 34.6. The third-order valence-electron chi connectivity index (χ3n) is 9.79. The van der Waals surface area contributed by atoms with Crippen LogP contribution in [0.5, 0.6) is 11.5 Å². The molecule has 0 amide bonds. The van der Waals surface area contributed by atoms with E-state index in [2.05, 4.69) is 124 Å². The fraction of sp³-hybridized carbons (Fsp3) is 0.333. The lowest BCUT2D eigenvalue weighted by Crippen LogP contribution is -2.16. The lowest BCUT2D eigenvalue weighted by Gasteiger charge is -2.14. The summed E-state index contributed by atoms with van der Waals surface area (Å²) in [5, 5.41) is 8.16. The Bertz CT molecular complexity index is 2130. The maximum Gasteiger partial charge on any atom is 0.127 e. The number of fused-ring (bicyclic) bond motifs is 1. The van der Waals surface area contributed by atoms with Gasteiger partial charge in [-0.2, -0.15) is 0 Å². The van der Waals surface area contributed by atoms with E-state index in [9.17, 15) is 0 Å². The van der Waals surface area contributed by atoms with Crippen molar-refractivity contribution >= 4 is 55.7 Å². The van der Waals surface area contributed by atoms with Crippen molar-refractivity contribution in [2.24, 2.45) is 0 Å². The summed E-state index contributed by atoms with van der Waals surface area (Å²) >= 11 is 7.09. The number of ether oxygens (including phenoxy) is 2. The van der Waals surface area contributed by atoms with E-state index >= 15 is 0 Å². The van der Waals surface area contributed by atoms with Crippen molar-refractivity contribution in [2.45, 2.75) is 85.6 Å². The first-order chi connectivity index (χ1) is 24.0. The average molecular weight is 672 g/mol. The quantitative estimate of drug-likeness (QED) is 0.0816. The topological polar surface area (TPSA) is 23.4 Å². The molecule has 254 valence electrons. The highest BCUT2D eigenvalue weighted by Crippen LogP contribution is 2.38. The zero-order valence-electron chi connectivity index (χ0n) is 29.7. The highest BCUT2D eigenvalue weighted by Gasteiger charge is 2.18. The van der Waals surface area contributed by atoms with Crippen LogP contribution in [0.25, 0.3) is 44.1 Å². The molecule has 0 N–H and O–H groups in total. The number of aryl methyl sites for hydroxylation is 2. The molecule has 0 atom stereocenters. The second kappa shape index (κ2) is 16.0. The first-order valence-corrected chi connectivity index (χ1v) is 18.6. The number of hydrogen-bond donors (Lipinski definition) is 0. The van der Waals surface area contributed by atoms with Crippen LogP contribution in [0, 0.1) is 6.92 Å². The molecule has 1 heterocycles. The molecule has 4 heteroatoms. The monoisotopic (exact) mass is 671 g/mol. The lowest BCUT2D eigenvalue weighted by molar-refractivity contribution is 0.313. The van der Waals surface area contributed by atoms with Gasteiger partial charge in [-0.25, -0.2) is 0 Å². The van der Waals surface area contributed by atoms with Gasteiger partial charge < -0.3 is 14.0 Å². The van der Waals surface area contributed by atoms with Gasteiger partial charge in [-0.05, 0) is 96.5 Å². The van der Waals surface area contributed by atoms with Crippen molar-refractivity contribution in [1.82, 2.24) is 4.57 Å². The molecule has 0 saturated carbocycles. The summed E-state index contributed by atoms with van der Waals surface area (Å²) in [6, 6.07) is 21.7. The number of benzene rings is 4. The number of aromatic nitrogens is 1. The smallest absolute Gasteiger partial charge is 0.127 e. The standard InChI is InChI=1S/C45H50ClNO2/c1-6-9-28-47-39(36-15-13-17-38-42(49-30-11-8-3)27-25-40(47)44(36)38)24-23-34-22-21-33(45(34)46)20-18-31(4)35-14-12-16-37-41(48-29-10-7-2)26-19-32(5)43(35)37/h12-20,23-27H,4,6-11,21-22,28-30H2,1-3,5H3/b20-18+,34-23+,39-24+. The van der Waals surface area contributed by atoms with Gasteiger partial charge in [0, 0.05) is 44.0 Å². The van der Waals surface area contributed by atoms with Crippen molar-refractivity contribution in [3.63, 3.8) is 0 Å². The summed E-state index contributed by atoms with van der Waals surface area (Å²) in [4.78, 5) is 0. The van der Waals surface area contributed by atoms with E-state index in [0.717, 1.165) is 110 Å². The van der Waals surface area contributed by atoms with Gasteiger partial charge in [0.15, 0.2) is 0 Å². The number of unbranched alkanes of at least 4 members (excludes halogenated alkanes) is 3. The molecule has 0 radical (unpaired) electrons. The Kier molecular flexibility index (Phi) is 11.3. The van der Waals surface area contributed by atoms with Gasteiger partial charge in [-0.15, -0.1) is 0 Å². The van der Waals surface area contributed by atoms with Crippen molar-refractivity contribution < 1.29 is 9.47 Å². The van der Waals surface area contributed by atoms with Crippen LogP contribution >= 0.6 is 11.6 Å². The Hall–Kier alpha value is -4.21. The number of rotatable bonds is 15. The predicted molar refractivity (Wildman–Crippen MR) is 212 cm³/mol. The maximum atomic E-state index is 7.09. The SMILES string of the molecule is C=C(/C=C/C1=C(Cl)C(=C/C=c2\c3cccc4c(OCCCC)ccc(c43)n2CCCC)/CC1)c1cccc2c(OCCCC)ccc(C)c12. The highest BCUT2D eigenvalue weighted by molar-refractivity contribution is 6.33. The summed E-state index contributed by atoms with van der Waals surface area (Å²) in [6.45, 7) is 15.7. The molecule has 0 unspecified atom stereocenters. The van der Waals surface area contributed by atoms with E-state index in [-0.39, 0.29) is 0 Å². The summed E-state index contributed by atoms with van der Waals surface area (Å²) < 4.78 is 14.9. The summed E-state index contributed by atoms with van der Waals surface area (Å²) in [6.07, 6.45) is 17.2. The second-order valence-electron chi connectivity index (χ2n) is 13.3. The van der Waals surface area contributed by atoms with Crippen LogP contribution in [0.4, 0.5) is 0 Å². The summed E-state index contributed by atoms with van der Waals surface area (Å²) in [5.74, 6) is 1.91. The fourth-order valence-corrected chi connectivity index (χ4v) is 7.33. The Labute approximate surface area is 297 Å². The fourth-order valence-electron chi connectivity index (χ4n) is 7.02. The zero-order chi connectivity index (χ0) is 34.3. The minimum absolute atomic E-state index is 0.729. The average Bonchev–Trinajstić information content (AvgIpc) is 3.63. The Balaban J connectivity index is 1.31. The molecule has 1 aromatic heterocycles. The van der Waals surface area contributed by atoms with E-state index < -0.39 is 0 Å². The normalized spacial score (nSPS) is 14.9. The maximum absolute atomic E-state index is 7.09. The van der Waals surface area contributed by atoms with Gasteiger partial charge >= 0.3 is 0 Å². The van der Waals surface area contributed by atoms with Gasteiger partial charge in [-0.1, -0.05) is 119 Å². The number of allylic oxidation sites excluding steroid dienone is 7. The molecule has 6 rings (SSSR count). The zero-order valence-corrected chi connectivity index (χ0v) is 30.5. The van der Waals surface area contributed by atoms with E-state index in [1.807, 2.05) is 0 Å². The highest BCUT2D eigenvalue weighted by atomic mass is 35.5. The number of halogens is 1. The molecule has 1 aliphatic carbocycles. The molecule has 4 aromatic carbocycles. The van der Waals surface area contributed by atoms with Crippen LogP contribution < -0.4 is 14.8 Å². The molecule has 3 nitrogen and oxygen atoms in total. The molecule has 0 aliphatic heterocycles. The van der Waals surface area contributed by atoms with Crippen LogP contribution in [-0.4, -0.2) is 17.8 Å². The molecular weight excluding hydrogens is 622 g/mol. The van der Waals surface area contributed by atoms with Crippen molar-refractivity contribution in [1.29, 1.82) is 0 Å². The van der Waals surface area contributed by atoms with Crippen molar-refractivity contribution in [2.75, 3.05) is 13.2 Å². The second-order valence-corrected chi connectivity index (χ2v) is 13.6. The first-order valence-electron chi connectivity index (χ1n) is 18.3. The van der Waals surface area contributed by atoms with Gasteiger partial charge in [0.05, 0.1) is 13.2 Å². The Morgan fingerprint density at radius 2 is 1.43 bits per heavy atom. The lowest BCUT2D eigenvalue weighted by atomic mass is 9.94. The minimum Gasteiger partial charge on any atom is -0.493 e. The Morgan fingerprint density at radius 3 is 2.14 bits per heavy atom. The van der Waals surface area contributed by atoms with Crippen molar-refractivity contribution in [3.8, 4) is 11.5 Å². The molecule has 5 aromatic rings. The summed E-state index contributed by atoms with van der Waals surface area (Å²) in [5.41, 5.74) is 6.92. The third kappa shape index (κ3) is 7.24.